The van der Waals surface area contributed by atoms with E-state index < -0.39 is 17.4 Å². The molecule has 4 heteroatoms. The maximum Gasteiger partial charge on any atom is 0.323 e. The highest BCUT2D eigenvalue weighted by Gasteiger charge is 2.55. The monoisotopic (exact) mass is 240 g/mol. The molecule has 1 aliphatic carbocycles. The van der Waals surface area contributed by atoms with Gasteiger partial charge in [-0.25, -0.2) is 0 Å². The number of ether oxygens (including phenoxy) is 2. The van der Waals surface area contributed by atoms with E-state index in [4.69, 9.17) is 9.47 Å². The van der Waals surface area contributed by atoms with Crippen LogP contribution in [0.4, 0.5) is 0 Å². The Morgan fingerprint density at radius 2 is 1.76 bits per heavy atom. The molecule has 0 radical (unpaired) electrons. The third-order valence-corrected chi connectivity index (χ3v) is 3.58. The highest BCUT2D eigenvalue weighted by atomic mass is 16.5. The molecule has 1 saturated carbocycles. The molecule has 0 N–H and O–H groups in total. The number of esters is 2. The molecule has 1 rings (SSSR count). The van der Waals surface area contributed by atoms with E-state index in [9.17, 15) is 9.59 Å². The van der Waals surface area contributed by atoms with Crippen molar-refractivity contribution in [2.24, 2.45) is 17.3 Å². The fraction of sp³-hybridized carbons (Fsp3) is 0.692. The highest BCUT2D eigenvalue weighted by molar-refractivity contribution is 6.01. The predicted molar refractivity (Wildman–Crippen MR) is 63.2 cm³/mol. The van der Waals surface area contributed by atoms with Crippen LogP contribution in [0.1, 0.15) is 26.7 Å². The third-order valence-electron chi connectivity index (χ3n) is 3.58. The molecule has 0 aliphatic heterocycles. The molecule has 0 heterocycles. The molecule has 96 valence electrons. The number of hydrogen-bond donors (Lipinski definition) is 0. The first-order valence-corrected chi connectivity index (χ1v) is 5.73. The van der Waals surface area contributed by atoms with Gasteiger partial charge in [0, 0.05) is 0 Å². The van der Waals surface area contributed by atoms with E-state index in [-0.39, 0.29) is 5.92 Å². The smallest absolute Gasteiger partial charge is 0.323 e. The SMILES string of the molecule is C=C1CC(C(=O)OC)(C(=O)OC)C[C@@H]1C(C)C. The van der Waals surface area contributed by atoms with Gasteiger partial charge in [-0.15, -0.1) is 0 Å². The van der Waals surface area contributed by atoms with Gasteiger partial charge in [0.05, 0.1) is 14.2 Å². The molecular weight excluding hydrogens is 220 g/mol. The van der Waals surface area contributed by atoms with E-state index in [1.807, 2.05) is 0 Å². The third kappa shape index (κ3) is 2.21. The van der Waals surface area contributed by atoms with Crippen LogP contribution < -0.4 is 0 Å². The summed E-state index contributed by atoms with van der Waals surface area (Å²) in [5.74, 6) is -0.533. The molecule has 0 bridgehead atoms. The van der Waals surface area contributed by atoms with Crippen molar-refractivity contribution in [3.05, 3.63) is 12.2 Å². The van der Waals surface area contributed by atoms with Crippen LogP contribution in [0.5, 0.6) is 0 Å². The highest BCUT2D eigenvalue weighted by Crippen LogP contribution is 2.49. The van der Waals surface area contributed by atoms with Crippen LogP contribution in [0.2, 0.25) is 0 Å². The Morgan fingerprint density at radius 1 is 1.29 bits per heavy atom. The van der Waals surface area contributed by atoms with Crippen molar-refractivity contribution in [2.45, 2.75) is 26.7 Å². The zero-order chi connectivity index (χ0) is 13.2. The molecule has 1 atom stereocenters. The van der Waals surface area contributed by atoms with E-state index in [0.717, 1.165) is 5.57 Å². The Hall–Kier alpha value is -1.32. The molecule has 0 amide bonds. The lowest BCUT2D eigenvalue weighted by molar-refractivity contribution is -0.168. The molecule has 17 heavy (non-hydrogen) atoms. The molecule has 0 spiro atoms. The van der Waals surface area contributed by atoms with Gasteiger partial charge in [-0.3, -0.25) is 9.59 Å². The second-order valence-corrected chi connectivity index (χ2v) is 4.95. The minimum atomic E-state index is -1.18. The summed E-state index contributed by atoms with van der Waals surface area (Å²) < 4.78 is 9.51. The van der Waals surface area contributed by atoms with Gasteiger partial charge in [-0.1, -0.05) is 26.0 Å². The summed E-state index contributed by atoms with van der Waals surface area (Å²) in [5.41, 5.74) is -0.258. The van der Waals surface area contributed by atoms with Crippen LogP contribution in [0, 0.1) is 17.3 Å². The van der Waals surface area contributed by atoms with Gasteiger partial charge < -0.3 is 9.47 Å². The Bertz CT molecular complexity index is 327. The van der Waals surface area contributed by atoms with Crippen LogP contribution in [0.15, 0.2) is 12.2 Å². The van der Waals surface area contributed by atoms with Crippen molar-refractivity contribution in [1.82, 2.24) is 0 Å². The quantitative estimate of drug-likeness (QED) is 0.430. The molecule has 0 aromatic rings. The fourth-order valence-corrected chi connectivity index (χ4v) is 2.60. The van der Waals surface area contributed by atoms with Gasteiger partial charge in [0.1, 0.15) is 0 Å². The zero-order valence-electron chi connectivity index (χ0n) is 10.9. The summed E-state index contributed by atoms with van der Waals surface area (Å²) in [7, 11) is 2.58. The summed E-state index contributed by atoms with van der Waals surface area (Å²) in [6.07, 6.45) is 0.762. The Kier molecular flexibility index (Phi) is 3.96. The van der Waals surface area contributed by atoms with Crippen LogP contribution in [0.3, 0.4) is 0 Å². The maximum absolute atomic E-state index is 11.9. The zero-order valence-corrected chi connectivity index (χ0v) is 10.9. The van der Waals surface area contributed by atoms with E-state index in [1.54, 1.807) is 0 Å². The number of carbonyl (C=O) groups excluding carboxylic acids is 2. The second kappa shape index (κ2) is 4.90. The van der Waals surface area contributed by atoms with Gasteiger partial charge in [0.25, 0.3) is 0 Å². The molecular formula is C13H20O4. The van der Waals surface area contributed by atoms with E-state index in [2.05, 4.69) is 20.4 Å². The first-order valence-electron chi connectivity index (χ1n) is 5.73. The van der Waals surface area contributed by atoms with Crippen molar-refractivity contribution in [3.8, 4) is 0 Å². The number of methoxy groups -OCH3 is 2. The lowest BCUT2D eigenvalue weighted by atomic mass is 9.83. The Balaban J connectivity index is 3.08. The first-order chi connectivity index (χ1) is 7.89. The second-order valence-electron chi connectivity index (χ2n) is 4.95. The molecule has 0 unspecified atom stereocenters. The minimum Gasteiger partial charge on any atom is -0.468 e. The van der Waals surface area contributed by atoms with Gasteiger partial charge in [0.2, 0.25) is 0 Å². The van der Waals surface area contributed by atoms with Crippen LogP contribution >= 0.6 is 0 Å². The molecule has 1 aliphatic rings. The average molecular weight is 240 g/mol. The topological polar surface area (TPSA) is 52.6 Å². The summed E-state index contributed by atoms with van der Waals surface area (Å²) >= 11 is 0. The van der Waals surface area contributed by atoms with Crippen LogP contribution in [-0.4, -0.2) is 26.2 Å². The van der Waals surface area contributed by atoms with Gasteiger partial charge >= 0.3 is 11.9 Å². The van der Waals surface area contributed by atoms with Crippen LogP contribution in [-0.2, 0) is 19.1 Å². The van der Waals surface area contributed by atoms with Gasteiger partial charge in [-0.2, -0.15) is 0 Å². The molecule has 0 aromatic heterocycles. The van der Waals surface area contributed by atoms with Gasteiger partial charge in [0.15, 0.2) is 5.41 Å². The number of hydrogen-bond acceptors (Lipinski definition) is 4. The lowest BCUT2D eigenvalue weighted by Crippen LogP contribution is -2.39. The Morgan fingerprint density at radius 3 is 2.06 bits per heavy atom. The van der Waals surface area contributed by atoms with E-state index in [0.29, 0.717) is 18.8 Å². The van der Waals surface area contributed by atoms with Crippen molar-refractivity contribution >= 4 is 11.9 Å². The van der Waals surface area contributed by atoms with E-state index in [1.165, 1.54) is 14.2 Å². The van der Waals surface area contributed by atoms with Crippen molar-refractivity contribution in [2.75, 3.05) is 14.2 Å². The largest absolute Gasteiger partial charge is 0.468 e. The summed E-state index contributed by atoms with van der Waals surface area (Å²) in [5, 5.41) is 0. The van der Waals surface area contributed by atoms with Crippen molar-refractivity contribution in [3.63, 3.8) is 0 Å². The number of rotatable bonds is 3. The normalized spacial score (nSPS) is 22.6. The molecule has 0 saturated heterocycles. The van der Waals surface area contributed by atoms with Crippen molar-refractivity contribution in [1.29, 1.82) is 0 Å². The summed E-state index contributed by atoms with van der Waals surface area (Å²) in [4.78, 5) is 23.8. The number of allylic oxidation sites excluding steroid dienone is 1. The maximum atomic E-state index is 11.9. The summed E-state index contributed by atoms with van der Waals surface area (Å²) in [6.45, 7) is 8.08. The minimum absolute atomic E-state index is 0.160. The lowest BCUT2D eigenvalue weighted by Gasteiger charge is -2.23. The molecule has 4 nitrogen and oxygen atoms in total. The summed E-state index contributed by atoms with van der Waals surface area (Å²) in [6, 6.07) is 0. The Labute approximate surface area is 102 Å². The van der Waals surface area contributed by atoms with E-state index >= 15 is 0 Å². The first kappa shape index (κ1) is 13.7. The predicted octanol–water partition coefficient (Wildman–Crippen LogP) is 1.94. The van der Waals surface area contributed by atoms with Gasteiger partial charge in [-0.05, 0) is 24.7 Å². The van der Waals surface area contributed by atoms with Crippen molar-refractivity contribution < 1.29 is 19.1 Å². The standard InChI is InChI=1S/C13H20O4/c1-8(2)10-7-13(6-9(10)3,11(14)16-4)12(15)17-5/h8,10H,3,6-7H2,1-2,4-5H3/t10-/m1/s1. The average Bonchev–Trinajstić information content (AvgIpc) is 2.66. The fourth-order valence-electron chi connectivity index (χ4n) is 2.60. The molecule has 0 aromatic carbocycles. The van der Waals surface area contributed by atoms with Crippen LogP contribution in [0.25, 0.3) is 0 Å². The molecule has 1 fully saturated rings. The number of carbonyl (C=O) groups is 2.